The molecule has 0 radical (unpaired) electrons. The summed E-state index contributed by atoms with van der Waals surface area (Å²) in [6.07, 6.45) is 1.09. The fourth-order valence-electron chi connectivity index (χ4n) is 2.78. The largest absolute Gasteiger partial charge is 0.477 e. The van der Waals surface area contributed by atoms with E-state index in [4.69, 9.17) is 5.73 Å². The molecule has 30 heavy (non-hydrogen) atoms. The Morgan fingerprint density at radius 1 is 1.20 bits per heavy atom. The number of rotatable bonds is 6. The van der Waals surface area contributed by atoms with E-state index in [2.05, 4.69) is 20.1 Å². The van der Waals surface area contributed by atoms with E-state index < -0.39 is 29.8 Å². The Labute approximate surface area is 169 Å². The number of benzene rings is 1. The zero-order valence-electron chi connectivity index (χ0n) is 15.9. The predicted molar refractivity (Wildman–Crippen MR) is 102 cm³/mol. The van der Waals surface area contributed by atoms with Gasteiger partial charge in [-0.1, -0.05) is 12.1 Å². The van der Waals surface area contributed by atoms with Gasteiger partial charge in [0.25, 0.3) is 11.8 Å². The lowest BCUT2D eigenvalue weighted by atomic mass is 10.1. The van der Waals surface area contributed by atoms with E-state index in [0.29, 0.717) is 11.1 Å². The molecule has 1 atom stereocenters. The van der Waals surface area contributed by atoms with Crippen LogP contribution in [0.4, 0.5) is 0 Å². The zero-order valence-corrected chi connectivity index (χ0v) is 15.9. The molecule has 3 aromatic rings. The van der Waals surface area contributed by atoms with Crippen LogP contribution >= 0.6 is 0 Å². The van der Waals surface area contributed by atoms with E-state index in [1.165, 1.54) is 7.11 Å². The van der Waals surface area contributed by atoms with E-state index in [0.717, 1.165) is 16.8 Å². The summed E-state index contributed by atoms with van der Waals surface area (Å²) in [5.41, 5.74) is 5.49. The Hall–Kier alpha value is -4.28. The molecule has 2 amide bonds. The maximum absolute atomic E-state index is 12.7. The number of carboxylic acids is 1. The molecule has 2 heterocycles. The number of methoxy groups -OCH3 is 1. The minimum Gasteiger partial charge on any atom is -0.477 e. The number of hydrogen-bond acceptors (Lipinski definition) is 7. The van der Waals surface area contributed by atoms with Gasteiger partial charge in [0, 0.05) is 6.07 Å². The van der Waals surface area contributed by atoms with Crippen molar-refractivity contribution in [3.63, 3.8) is 0 Å². The smallest absolute Gasteiger partial charge is 0.354 e. The number of aromatic nitrogens is 3. The van der Waals surface area contributed by atoms with Crippen LogP contribution in [0, 0.1) is 0 Å². The third kappa shape index (κ3) is 3.81. The number of primary amides is 1. The highest BCUT2D eigenvalue weighted by atomic mass is 16.5. The van der Waals surface area contributed by atoms with Gasteiger partial charge in [0.1, 0.15) is 11.3 Å². The average Bonchev–Trinajstić information content (AvgIpc) is 3.16. The van der Waals surface area contributed by atoms with Crippen molar-refractivity contribution in [2.24, 2.45) is 5.73 Å². The molecule has 4 N–H and O–H groups in total. The Kier molecular flexibility index (Phi) is 5.45. The molecule has 0 aliphatic rings. The van der Waals surface area contributed by atoms with Gasteiger partial charge in [-0.15, -0.1) is 0 Å². The maximum atomic E-state index is 12.7. The lowest BCUT2D eigenvalue weighted by molar-refractivity contribution is 0.0599. The van der Waals surface area contributed by atoms with Gasteiger partial charge in [0.15, 0.2) is 11.3 Å². The first-order valence-corrected chi connectivity index (χ1v) is 8.64. The van der Waals surface area contributed by atoms with Gasteiger partial charge >= 0.3 is 11.9 Å². The Morgan fingerprint density at radius 3 is 2.43 bits per heavy atom. The molecule has 3 rings (SSSR count). The van der Waals surface area contributed by atoms with Crippen LogP contribution in [0.25, 0.3) is 5.65 Å². The zero-order chi connectivity index (χ0) is 22.0. The number of carboxylic acid groups (broad SMARTS) is 1. The molecule has 11 heteroatoms. The molecule has 0 aliphatic carbocycles. The number of carbonyl (C=O) groups is 4. The molecule has 0 saturated carbocycles. The molecule has 0 unspecified atom stereocenters. The number of nitrogens with one attached hydrogen (secondary N) is 1. The van der Waals surface area contributed by atoms with Crippen molar-refractivity contribution in [1.82, 2.24) is 19.9 Å². The minimum absolute atomic E-state index is 0.112. The Morgan fingerprint density at radius 2 is 1.87 bits per heavy atom. The summed E-state index contributed by atoms with van der Waals surface area (Å²) in [5, 5.41) is 15.9. The van der Waals surface area contributed by atoms with Crippen molar-refractivity contribution in [2.75, 3.05) is 7.11 Å². The quantitative estimate of drug-likeness (QED) is 0.501. The number of amides is 2. The van der Waals surface area contributed by atoms with Crippen LogP contribution in [0.5, 0.6) is 0 Å². The second-order valence-corrected chi connectivity index (χ2v) is 6.30. The summed E-state index contributed by atoms with van der Waals surface area (Å²) in [6, 6.07) is 6.98. The first-order chi connectivity index (χ1) is 14.2. The normalized spacial score (nSPS) is 11.7. The molecular weight excluding hydrogens is 394 g/mol. The summed E-state index contributed by atoms with van der Waals surface area (Å²) in [6.45, 7) is 1.70. The summed E-state index contributed by atoms with van der Waals surface area (Å²) in [4.78, 5) is 51.4. The number of hydrogen-bond donors (Lipinski definition) is 3. The second-order valence-electron chi connectivity index (χ2n) is 6.30. The lowest BCUT2D eigenvalue weighted by Crippen LogP contribution is -2.28. The van der Waals surface area contributed by atoms with Crippen LogP contribution in [0.15, 0.2) is 36.5 Å². The van der Waals surface area contributed by atoms with Crippen molar-refractivity contribution in [1.29, 1.82) is 0 Å². The van der Waals surface area contributed by atoms with Crippen LogP contribution in [-0.2, 0) is 4.74 Å². The van der Waals surface area contributed by atoms with Gasteiger partial charge in [-0.2, -0.15) is 5.10 Å². The molecule has 0 aliphatic heterocycles. The number of fused-ring (bicyclic) bond motifs is 1. The Bertz CT molecular complexity index is 1170. The fraction of sp³-hybridized carbons (Fsp3) is 0.158. The van der Waals surface area contributed by atoms with Crippen LogP contribution in [0.2, 0.25) is 0 Å². The van der Waals surface area contributed by atoms with Gasteiger partial charge in [0.05, 0.1) is 24.9 Å². The molecule has 0 fully saturated rings. The standard InChI is InChI=1S/C19H17N5O6/c1-9(10-3-5-11(6-4-10)19(29)30-2)22-17(26)13-7-14(18(27)28)24-16(23-13)12(8-21-24)15(20)25/h3-9H,1-2H3,(H2,20,25)(H,22,26)(H,27,28)/t9-/m0/s1. The molecule has 1 aromatic carbocycles. The van der Waals surface area contributed by atoms with Crippen molar-refractivity contribution in [3.8, 4) is 0 Å². The molecule has 2 aromatic heterocycles. The molecule has 0 bridgehead atoms. The maximum Gasteiger partial charge on any atom is 0.354 e. The van der Waals surface area contributed by atoms with E-state index in [1.807, 2.05) is 0 Å². The van der Waals surface area contributed by atoms with Crippen molar-refractivity contribution in [3.05, 3.63) is 64.6 Å². The van der Waals surface area contributed by atoms with Gasteiger partial charge in [-0.05, 0) is 24.6 Å². The number of aromatic carboxylic acids is 1. The van der Waals surface area contributed by atoms with Gasteiger partial charge in [0.2, 0.25) is 0 Å². The Balaban J connectivity index is 1.90. The van der Waals surface area contributed by atoms with Gasteiger partial charge < -0.3 is 20.9 Å². The number of nitrogens with zero attached hydrogens (tertiary/aromatic N) is 3. The lowest BCUT2D eigenvalue weighted by Gasteiger charge is -2.15. The van der Waals surface area contributed by atoms with E-state index in [-0.39, 0.29) is 22.6 Å². The minimum atomic E-state index is -1.36. The van der Waals surface area contributed by atoms with Crippen LogP contribution in [0.3, 0.4) is 0 Å². The van der Waals surface area contributed by atoms with E-state index in [9.17, 15) is 24.3 Å². The summed E-state index contributed by atoms with van der Waals surface area (Å²) in [5.74, 6) is -3.36. The number of nitrogens with two attached hydrogens (primary N) is 1. The third-order valence-corrected chi connectivity index (χ3v) is 4.37. The molecular formula is C19H17N5O6. The van der Waals surface area contributed by atoms with E-state index in [1.54, 1.807) is 31.2 Å². The first kappa shape index (κ1) is 20.5. The monoisotopic (exact) mass is 411 g/mol. The third-order valence-electron chi connectivity index (χ3n) is 4.37. The summed E-state index contributed by atoms with van der Waals surface area (Å²) < 4.78 is 5.56. The highest BCUT2D eigenvalue weighted by Gasteiger charge is 2.22. The van der Waals surface area contributed by atoms with Gasteiger partial charge in [-0.25, -0.2) is 19.1 Å². The molecule has 0 saturated heterocycles. The first-order valence-electron chi connectivity index (χ1n) is 8.64. The molecule has 11 nitrogen and oxygen atoms in total. The summed E-state index contributed by atoms with van der Waals surface area (Å²) >= 11 is 0. The van der Waals surface area contributed by atoms with Crippen LogP contribution in [0.1, 0.15) is 60.2 Å². The number of carbonyl (C=O) groups excluding carboxylic acids is 3. The number of ether oxygens (including phenoxy) is 1. The molecule has 154 valence electrons. The van der Waals surface area contributed by atoms with Crippen molar-refractivity contribution < 1.29 is 29.0 Å². The summed E-state index contributed by atoms with van der Waals surface area (Å²) in [7, 11) is 1.28. The average molecular weight is 411 g/mol. The molecule has 0 spiro atoms. The topological polar surface area (TPSA) is 166 Å². The van der Waals surface area contributed by atoms with E-state index >= 15 is 0 Å². The highest BCUT2D eigenvalue weighted by Crippen LogP contribution is 2.16. The highest BCUT2D eigenvalue weighted by molar-refractivity contribution is 6.01. The number of esters is 1. The second kappa shape index (κ2) is 7.99. The SMILES string of the molecule is COC(=O)c1ccc([C@H](C)NC(=O)c2cc(C(=O)O)n3ncc(C(N)=O)c3n2)cc1. The fourth-order valence-corrected chi connectivity index (χ4v) is 2.78. The van der Waals surface area contributed by atoms with Gasteiger partial charge in [-0.3, -0.25) is 9.59 Å². The van der Waals surface area contributed by atoms with Crippen LogP contribution in [-0.4, -0.2) is 50.6 Å². The van der Waals surface area contributed by atoms with Crippen molar-refractivity contribution in [2.45, 2.75) is 13.0 Å². The van der Waals surface area contributed by atoms with Crippen molar-refractivity contribution >= 4 is 29.4 Å². The van der Waals surface area contributed by atoms with Crippen LogP contribution < -0.4 is 11.1 Å². The predicted octanol–water partition coefficient (Wildman–Crippen LogP) is 0.804.